The van der Waals surface area contributed by atoms with Gasteiger partial charge < -0.3 is 5.73 Å². The van der Waals surface area contributed by atoms with Crippen LogP contribution in [0.15, 0.2) is 42.5 Å². The Morgan fingerprint density at radius 1 is 1.05 bits per heavy atom. The molecular weight excluding hydrogens is 298 g/mol. The molecule has 3 N–H and O–H groups in total. The van der Waals surface area contributed by atoms with E-state index in [4.69, 9.17) is 5.73 Å². The van der Waals surface area contributed by atoms with Gasteiger partial charge in [-0.05, 0) is 18.1 Å². The summed E-state index contributed by atoms with van der Waals surface area (Å²) in [6.45, 7) is 0. The number of anilines is 2. The van der Waals surface area contributed by atoms with E-state index in [1.165, 1.54) is 0 Å². The highest BCUT2D eigenvalue weighted by atomic mass is 32.2. The van der Waals surface area contributed by atoms with Gasteiger partial charge >= 0.3 is 0 Å². The molecule has 21 heavy (non-hydrogen) atoms. The summed E-state index contributed by atoms with van der Waals surface area (Å²) in [5, 5.41) is 0. The van der Waals surface area contributed by atoms with Crippen molar-refractivity contribution in [3.63, 3.8) is 0 Å². The molecule has 0 atom stereocenters. The van der Waals surface area contributed by atoms with Crippen LogP contribution in [0.2, 0.25) is 0 Å². The molecule has 0 unspecified atom stereocenters. The lowest BCUT2D eigenvalue weighted by molar-refractivity contribution is 0.585. The second kappa shape index (κ2) is 6.09. The average Bonchev–Trinajstić information content (AvgIpc) is 2.44. The van der Waals surface area contributed by atoms with Crippen LogP contribution in [0.4, 0.5) is 20.2 Å². The highest BCUT2D eigenvalue weighted by molar-refractivity contribution is 7.92. The molecule has 0 heterocycles. The van der Waals surface area contributed by atoms with E-state index in [0.717, 1.165) is 11.6 Å². The predicted molar refractivity (Wildman–Crippen MR) is 78.3 cm³/mol. The lowest BCUT2D eigenvalue weighted by atomic mass is 10.2. The van der Waals surface area contributed by atoms with Crippen molar-refractivity contribution in [2.24, 2.45) is 0 Å². The molecule has 2 aromatic carbocycles. The highest BCUT2D eigenvalue weighted by Gasteiger charge is 2.15. The van der Waals surface area contributed by atoms with Gasteiger partial charge in [-0.3, -0.25) is 4.72 Å². The molecule has 0 aliphatic carbocycles. The second-order valence-electron chi connectivity index (χ2n) is 4.51. The molecule has 0 amide bonds. The van der Waals surface area contributed by atoms with Crippen LogP contribution in [-0.2, 0) is 16.4 Å². The number of nitrogen functional groups attached to an aromatic ring is 1. The molecule has 0 radical (unpaired) electrons. The standard InChI is InChI=1S/C14H14F2N2O2S/c15-11-8-12(16)14(9-13(11)17)18-21(19,20)7-6-10-4-2-1-3-5-10/h1-5,8-9,18H,6-7,17H2. The van der Waals surface area contributed by atoms with Crippen LogP contribution in [0.5, 0.6) is 0 Å². The molecule has 4 nitrogen and oxygen atoms in total. The quantitative estimate of drug-likeness (QED) is 0.833. The maximum absolute atomic E-state index is 13.5. The minimum absolute atomic E-state index is 0.215. The largest absolute Gasteiger partial charge is 0.396 e. The fraction of sp³-hybridized carbons (Fsp3) is 0.143. The van der Waals surface area contributed by atoms with Crippen molar-refractivity contribution < 1.29 is 17.2 Å². The molecule has 0 spiro atoms. The van der Waals surface area contributed by atoms with Crippen LogP contribution >= 0.6 is 0 Å². The van der Waals surface area contributed by atoms with Gasteiger partial charge in [0.15, 0.2) is 0 Å². The molecule has 0 aliphatic rings. The smallest absolute Gasteiger partial charge is 0.233 e. The van der Waals surface area contributed by atoms with Crippen LogP contribution in [-0.4, -0.2) is 14.2 Å². The van der Waals surface area contributed by atoms with Crippen molar-refractivity contribution >= 4 is 21.4 Å². The number of rotatable bonds is 5. The third kappa shape index (κ3) is 4.16. The molecule has 0 bridgehead atoms. The number of sulfonamides is 1. The number of benzene rings is 2. The lowest BCUT2D eigenvalue weighted by Gasteiger charge is -2.10. The first-order valence-corrected chi connectivity index (χ1v) is 7.81. The van der Waals surface area contributed by atoms with E-state index in [1.807, 2.05) is 6.07 Å². The van der Waals surface area contributed by atoms with Gasteiger partial charge in [0.05, 0.1) is 17.1 Å². The molecule has 0 saturated heterocycles. The summed E-state index contributed by atoms with van der Waals surface area (Å²) >= 11 is 0. The van der Waals surface area contributed by atoms with Gasteiger partial charge in [-0.15, -0.1) is 0 Å². The number of hydrogen-bond donors (Lipinski definition) is 2. The summed E-state index contributed by atoms with van der Waals surface area (Å²) < 4.78 is 52.4. The van der Waals surface area contributed by atoms with Crippen molar-refractivity contribution in [1.82, 2.24) is 0 Å². The minimum Gasteiger partial charge on any atom is -0.396 e. The van der Waals surface area contributed by atoms with Crippen LogP contribution < -0.4 is 10.5 Å². The molecule has 2 aromatic rings. The van der Waals surface area contributed by atoms with Gasteiger partial charge in [0.25, 0.3) is 0 Å². The van der Waals surface area contributed by atoms with Gasteiger partial charge in [0.2, 0.25) is 10.0 Å². The summed E-state index contributed by atoms with van der Waals surface area (Å²) in [6, 6.07) is 10.5. The number of aryl methyl sites for hydroxylation is 1. The normalized spacial score (nSPS) is 11.3. The first-order chi connectivity index (χ1) is 9.87. The minimum atomic E-state index is -3.75. The Labute approximate surface area is 121 Å². The fourth-order valence-electron chi connectivity index (χ4n) is 1.76. The number of nitrogens with one attached hydrogen (secondary N) is 1. The summed E-state index contributed by atoms with van der Waals surface area (Å²) in [5.41, 5.74) is 5.46. The third-order valence-electron chi connectivity index (χ3n) is 2.85. The molecule has 0 aliphatic heterocycles. The van der Waals surface area contributed by atoms with Gasteiger partial charge in [-0.2, -0.15) is 0 Å². The van der Waals surface area contributed by atoms with Gasteiger partial charge in [-0.1, -0.05) is 30.3 Å². The van der Waals surface area contributed by atoms with E-state index < -0.39 is 21.7 Å². The summed E-state index contributed by atoms with van der Waals surface area (Å²) in [5.74, 6) is -2.15. The van der Waals surface area contributed by atoms with Gasteiger partial charge in [-0.25, -0.2) is 17.2 Å². The maximum Gasteiger partial charge on any atom is 0.233 e. The third-order valence-corrected chi connectivity index (χ3v) is 4.13. The second-order valence-corrected chi connectivity index (χ2v) is 6.35. The van der Waals surface area contributed by atoms with E-state index in [1.54, 1.807) is 24.3 Å². The number of hydrogen-bond acceptors (Lipinski definition) is 3. The van der Waals surface area contributed by atoms with Crippen molar-refractivity contribution in [2.45, 2.75) is 6.42 Å². The van der Waals surface area contributed by atoms with E-state index in [0.29, 0.717) is 6.07 Å². The van der Waals surface area contributed by atoms with E-state index in [9.17, 15) is 17.2 Å². The van der Waals surface area contributed by atoms with E-state index >= 15 is 0 Å². The van der Waals surface area contributed by atoms with E-state index in [2.05, 4.69) is 4.72 Å². The first-order valence-electron chi connectivity index (χ1n) is 6.16. The lowest BCUT2D eigenvalue weighted by Crippen LogP contribution is -2.19. The Morgan fingerprint density at radius 2 is 1.71 bits per heavy atom. The number of nitrogens with two attached hydrogens (primary N) is 1. The Balaban J connectivity index is 2.09. The zero-order valence-electron chi connectivity index (χ0n) is 11.0. The molecule has 7 heteroatoms. The Kier molecular flexibility index (Phi) is 4.42. The fourth-order valence-corrected chi connectivity index (χ4v) is 2.86. The van der Waals surface area contributed by atoms with E-state index in [-0.39, 0.29) is 23.5 Å². The number of halogens is 2. The molecule has 0 aromatic heterocycles. The van der Waals surface area contributed by atoms with Crippen LogP contribution in [0, 0.1) is 11.6 Å². The summed E-state index contributed by atoms with van der Waals surface area (Å²) in [7, 11) is -3.75. The van der Waals surface area contributed by atoms with Gasteiger partial charge in [0.1, 0.15) is 11.6 Å². The van der Waals surface area contributed by atoms with Crippen molar-refractivity contribution in [1.29, 1.82) is 0 Å². The van der Waals surface area contributed by atoms with Crippen LogP contribution in [0.25, 0.3) is 0 Å². The summed E-state index contributed by atoms with van der Waals surface area (Å²) in [6.07, 6.45) is 0.286. The molecule has 0 saturated carbocycles. The zero-order chi connectivity index (χ0) is 15.5. The first kappa shape index (κ1) is 15.2. The maximum atomic E-state index is 13.5. The topological polar surface area (TPSA) is 72.2 Å². The van der Waals surface area contributed by atoms with Crippen molar-refractivity contribution in [2.75, 3.05) is 16.2 Å². The summed E-state index contributed by atoms with van der Waals surface area (Å²) in [4.78, 5) is 0. The van der Waals surface area contributed by atoms with Gasteiger partial charge in [0, 0.05) is 6.07 Å². The Hall–Kier alpha value is -2.15. The van der Waals surface area contributed by atoms with Crippen LogP contribution in [0.3, 0.4) is 0 Å². The molecule has 0 fully saturated rings. The van der Waals surface area contributed by atoms with Crippen LogP contribution in [0.1, 0.15) is 5.56 Å². The SMILES string of the molecule is Nc1cc(NS(=O)(=O)CCc2ccccc2)c(F)cc1F. The molecular formula is C14H14F2N2O2S. The van der Waals surface area contributed by atoms with Crippen molar-refractivity contribution in [3.8, 4) is 0 Å². The van der Waals surface area contributed by atoms with Crippen molar-refractivity contribution in [3.05, 3.63) is 59.7 Å². The zero-order valence-corrected chi connectivity index (χ0v) is 11.8. The Bertz CT molecular complexity index is 734. The monoisotopic (exact) mass is 312 g/mol. The Morgan fingerprint density at radius 3 is 2.38 bits per heavy atom. The average molecular weight is 312 g/mol. The predicted octanol–water partition coefficient (Wildman–Crippen LogP) is 2.53. The highest BCUT2D eigenvalue weighted by Crippen LogP contribution is 2.22. The molecule has 2 rings (SSSR count). The molecule has 112 valence electrons.